The molecule has 0 aliphatic rings. The zero-order valence-corrected chi connectivity index (χ0v) is 7.45. The fourth-order valence-corrected chi connectivity index (χ4v) is 0.904. The Morgan fingerprint density at radius 2 is 1.83 bits per heavy atom. The van der Waals surface area contributed by atoms with Crippen molar-refractivity contribution in [3.63, 3.8) is 0 Å². The highest BCUT2D eigenvalue weighted by atomic mass is 16.3. The first-order valence-corrected chi connectivity index (χ1v) is 4.34. The number of hydrogen-bond donors (Lipinski definition) is 2. The first-order valence-electron chi connectivity index (χ1n) is 4.34. The van der Waals surface area contributed by atoms with Gasteiger partial charge in [0.2, 0.25) is 0 Å². The van der Waals surface area contributed by atoms with E-state index >= 15 is 0 Å². The van der Waals surface area contributed by atoms with Crippen molar-refractivity contribution in [3.05, 3.63) is 24.8 Å². The summed E-state index contributed by atoms with van der Waals surface area (Å²) in [4.78, 5) is 0. The maximum Gasteiger partial charge on any atom is 0.0493 e. The highest BCUT2D eigenvalue weighted by Gasteiger charge is 1.98. The van der Waals surface area contributed by atoms with Crippen LogP contribution in [-0.2, 0) is 0 Å². The molecule has 0 fully saturated rings. The van der Waals surface area contributed by atoms with Crippen LogP contribution in [0.5, 0.6) is 0 Å². The van der Waals surface area contributed by atoms with Crippen molar-refractivity contribution >= 4 is 0 Å². The summed E-state index contributed by atoms with van der Waals surface area (Å²) in [6, 6.07) is 0. The van der Waals surface area contributed by atoms with Crippen molar-refractivity contribution < 1.29 is 10.2 Å². The maximum absolute atomic E-state index is 8.79. The van der Waals surface area contributed by atoms with E-state index < -0.39 is 0 Å². The second-order valence-electron chi connectivity index (χ2n) is 2.74. The molecule has 0 saturated heterocycles. The third-order valence-electron chi connectivity index (χ3n) is 1.73. The fraction of sp³-hybridized carbons (Fsp3) is 0.600. The zero-order valence-electron chi connectivity index (χ0n) is 7.45. The van der Waals surface area contributed by atoms with E-state index in [1.165, 1.54) is 0 Å². The number of aliphatic hydroxyl groups excluding tert-OH is 2. The molecule has 0 aliphatic heterocycles. The monoisotopic (exact) mass is 170 g/mol. The van der Waals surface area contributed by atoms with Crippen LogP contribution in [-0.4, -0.2) is 23.4 Å². The number of allylic oxidation sites excluding steroid dienone is 1. The first-order chi connectivity index (χ1) is 5.85. The lowest BCUT2D eigenvalue weighted by Gasteiger charge is -2.04. The predicted octanol–water partition coefficient (Wildman–Crippen LogP) is 1.50. The molecule has 0 bridgehead atoms. The second kappa shape index (κ2) is 8.50. The molecule has 0 heterocycles. The van der Waals surface area contributed by atoms with Crippen LogP contribution in [0.4, 0.5) is 0 Å². The van der Waals surface area contributed by atoms with Crippen molar-refractivity contribution in [3.8, 4) is 0 Å². The summed E-state index contributed by atoms with van der Waals surface area (Å²) < 4.78 is 0. The van der Waals surface area contributed by atoms with Gasteiger partial charge in [-0.1, -0.05) is 18.2 Å². The van der Waals surface area contributed by atoms with Crippen LogP contribution in [0.15, 0.2) is 24.8 Å². The van der Waals surface area contributed by atoms with Crippen molar-refractivity contribution in [2.45, 2.75) is 19.3 Å². The summed E-state index contributed by atoms with van der Waals surface area (Å²) in [6.45, 7) is 4.01. The van der Waals surface area contributed by atoms with E-state index in [1.54, 1.807) is 6.08 Å². The van der Waals surface area contributed by atoms with Crippen LogP contribution in [0.1, 0.15) is 19.3 Å². The Morgan fingerprint density at radius 3 is 2.33 bits per heavy atom. The van der Waals surface area contributed by atoms with Gasteiger partial charge in [0.25, 0.3) is 0 Å². The largest absolute Gasteiger partial charge is 0.396 e. The van der Waals surface area contributed by atoms with E-state index in [9.17, 15) is 0 Å². The van der Waals surface area contributed by atoms with E-state index in [0.717, 1.165) is 19.3 Å². The molecule has 2 heteroatoms. The Kier molecular flexibility index (Phi) is 8.07. The molecule has 2 nitrogen and oxygen atoms in total. The third kappa shape index (κ3) is 6.13. The molecular formula is C10H18O2. The van der Waals surface area contributed by atoms with Gasteiger partial charge in [-0.25, -0.2) is 0 Å². The summed E-state index contributed by atoms with van der Waals surface area (Å²) in [7, 11) is 0. The summed E-state index contributed by atoms with van der Waals surface area (Å²) in [5.41, 5.74) is 0. The Hall–Kier alpha value is -0.600. The van der Waals surface area contributed by atoms with Crippen LogP contribution in [0.2, 0.25) is 0 Å². The number of rotatable bonds is 7. The van der Waals surface area contributed by atoms with E-state index in [0.29, 0.717) is 0 Å². The van der Waals surface area contributed by atoms with Crippen LogP contribution in [0.3, 0.4) is 0 Å². The van der Waals surface area contributed by atoms with Crippen molar-refractivity contribution in [1.29, 1.82) is 0 Å². The molecule has 0 aromatic carbocycles. The number of aliphatic hydroxyl groups is 2. The van der Waals surface area contributed by atoms with Gasteiger partial charge < -0.3 is 10.2 Å². The standard InChI is InChI=1S/C10H18O2/c1-2-10(9-12)7-5-3-4-6-8-11/h2-4,10-12H,1,5-9H2. The minimum atomic E-state index is 0.178. The average molecular weight is 170 g/mol. The summed E-state index contributed by atoms with van der Waals surface area (Å²) in [5.74, 6) is 0.212. The molecular weight excluding hydrogens is 152 g/mol. The second-order valence-corrected chi connectivity index (χ2v) is 2.74. The lowest BCUT2D eigenvalue weighted by molar-refractivity contribution is 0.247. The average Bonchev–Trinajstić information content (AvgIpc) is 2.11. The molecule has 2 N–H and O–H groups in total. The minimum absolute atomic E-state index is 0.178. The molecule has 0 aromatic rings. The quantitative estimate of drug-likeness (QED) is 0.568. The fourth-order valence-electron chi connectivity index (χ4n) is 0.904. The van der Waals surface area contributed by atoms with Gasteiger partial charge in [0.15, 0.2) is 0 Å². The van der Waals surface area contributed by atoms with Crippen molar-refractivity contribution in [1.82, 2.24) is 0 Å². The lowest BCUT2D eigenvalue weighted by Crippen LogP contribution is -2.00. The molecule has 0 saturated carbocycles. The van der Waals surface area contributed by atoms with E-state index in [-0.39, 0.29) is 19.1 Å². The predicted molar refractivity (Wildman–Crippen MR) is 50.8 cm³/mol. The Bertz CT molecular complexity index is 130. The maximum atomic E-state index is 8.79. The molecule has 0 spiro atoms. The van der Waals surface area contributed by atoms with E-state index in [1.807, 2.05) is 12.2 Å². The summed E-state index contributed by atoms with van der Waals surface area (Å²) in [5, 5.41) is 17.3. The van der Waals surface area contributed by atoms with Crippen molar-refractivity contribution in [2.75, 3.05) is 13.2 Å². The Labute approximate surface area is 74.2 Å². The van der Waals surface area contributed by atoms with Crippen LogP contribution >= 0.6 is 0 Å². The molecule has 70 valence electrons. The molecule has 1 unspecified atom stereocenters. The molecule has 1 atom stereocenters. The van der Waals surface area contributed by atoms with Gasteiger partial charge in [0.05, 0.1) is 0 Å². The molecule has 0 radical (unpaired) electrons. The zero-order chi connectivity index (χ0) is 9.23. The normalized spacial score (nSPS) is 13.5. The van der Waals surface area contributed by atoms with Gasteiger partial charge in [-0.2, -0.15) is 0 Å². The molecule has 12 heavy (non-hydrogen) atoms. The minimum Gasteiger partial charge on any atom is -0.396 e. The van der Waals surface area contributed by atoms with E-state index in [4.69, 9.17) is 10.2 Å². The van der Waals surface area contributed by atoms with Crippen molar-refractivity contribution in [2.24, 2.45) is 5.92 Å². The highest BCUT2D eigenvalue weighted by molar-refractivity contribution is 4.85. The van der Waals surface area contributed by atoms with Gasteiger partial charge in [0, 0.05) is 13.2 Å². The Balaban J connectivity index is 3.33. The summed E-state index contributed by atoms with van der Waals surface area (Å²) >= 11 is 0. The highest BCUT2D eigenvalue weighted by Crippen LogP contribution is 2.06. The van der Waals surface area contributed by atoms with Gasteiger partial charge in [-0.3, -0.25) is 0 Å². The molecule has 0 aromatic heterocycles. The van der Waals surface area contributed by atoms with Gasteiger partial charge >= 0.3 is 0 Å². The smallest absolute Gasteiger partial charge is 0.0493 e. The first kappa shape index (κ1) is 11.4. The van der Waals surface area contributed by atoms with Crippen LogP contribution in [0.25, 0.3) is 0 Å². The summed E-state index contributed by atoms with van der Waals surface area (Å²) in [6.07, 6.45) is 8.36. The van der Waals surface area contributed by atoms with Crippen LogP contribution in [0, 0.1) is 5.92 Å². The number of hydrogen-bond acceptors (Lipinski definition) is 2. The van der Waals surface area contributed by atoms with Gasteiger partial charge in [-0.15, -0.1) is 6.58 Å². The van der Waals surface area contributed by atoms with Gasteiger partial charge in [-0.05, 0) is 25.2 Å². The molecule has 0 rings (SSSR count). The van der Waals surface area contributed by atoms with E-state index in [2.05, 4.69) is 6.58 Å². The topological polar surface area (TPSA) is 40.5 Å². The van der Waals surface area contributed by atoms with Crippen LogP contribution < -0.4 is 0 Å². The SMILES string of the molecule is C=CC(CO)CCC=CCCO. The third-order valence-corrected chi connectivity index (χ3v) is 1.73. The molecule has 0 aliphatic carbocycles. The Morgan fingerprint density at radius 1 is 1.17 bits per heavy atom. The van der Waals surface area contributed by atoms with Gasteiger partial charge in [0.1, 0.15) is 0 Å². The lowest BCUT2D eigenvalue weighted by atomic mass is 10.0. The molecule has 0 amide bonds.